The first-order valence-electron chi connectivity index (χ1n) is 8.50. The smallest absolute Gasteiger partial charge is 0.233 e. The lowest BCUT2D eigenvalue weighted by atomic mass is 9.96. The third kappa shape index (κ3) is 4.49. The van der Waals surface area contributed by atoms with Gasteiger partial charge in [0.05, 0.1) is 11.9 Å². The second-order valence-electron chi connectivity index (χ2n) is 6.44. The van der Waals surface area contributed by atoms with E-state index in [9.17, 15) is 4.79 Å². The van der Waals surface area contributed by atoms with Gasteiger partial charge in [0.2, 0.25) is 5.91 Å². The van der Waals surface area contributed by atoms with Gasteiger partial charge < -0.3 is 15.0 Å². The molecule has 0 spiro atoms. The zero-order valence-corrected chi connectivity index (χ0v) is 14.6. The van der Waals surface area contributed by atoms with E-state index in [1.165, 1.54) is 23.3 Å². The predicted octanol–water partition coefficient (Wildman–Crippen LogP) is 2.18. The molecular formula is C18H26N2O2S. The molecule has 1 N–H and O–H groups in total. The molecule has 4 nitrogen and oxygen atoms in total. The lowest BCUT2D eigenvalue weighted by Gasteiger charge is -2.31. The number of thioether (sulfide) groups is 1. The Labute approximate surface area is 143 Å². The number of hydrogen-bond acceptors (Lipinski definition) is 4. The highest BCUT2D eigenvalue weighted by atomic mass is 32.2. The SMILES string of the molecule is COCCN1CCC(CNC(=O)C2Cc3ccccc3S2)CC1. The van der Waals surface area contributed by atoms with E-state index in [1.807, 2.05) is 6.07 Å². The first-order valence-corrected chi connectivity index (χ1v) is 9.38. The Morgan fingerprint density at radius 3 is 2.87 bits per heavy atom. The Bertz CT molecular complexity index is 505. The fourth-order valence-electron chi connectivity index (χ4n) is 3.32. The summed E-state index contributed by atoms with van der Waals surface area (Å²) in [4.78, 5) is 16.1. The van der Waals surface area contributed by atoms with E-state index in [0.29, 0.717) is 5.92 Å². The van der Waals surface area contributed by atoms with Gasteiger partial charge in [-0.3, -0.25) is 4.79 Å². The quantitative estimate of drug-likeness (QED) is 0.866. The largest absolute Gasteiger partial charge is 0.383 e. The van der Waals surface area contributed by atoms with E-state index >= 15 is 0 Å². The Morgan fingerprint density at radius 1 is 1.35 bits per heavy atom. The number of nitrogens with zero attached hydrogens (tertiary/aromatic N) is 1. The van der Waals surface area contributed by atoms with Crippen LogP contribution in [0, 0.1) is 5.92 Å². The average molecular weight is 334 g/mol. The molecule has 23 heavy (non-hydrogen) atoms. The zero-order valence-electron chi connectivity index (χ0n) is 13.8. The molecule has 1 saturated heterocycles. The summed E-state index contributed by atoms with van der Waals surface area (Å²) < 4.78 is 5.13. The van der Waals surface area contributed by atoms with Gasteiger partial charge in [-0.25, -0.2) is 0 Å². The Kier molecular flexibility index (Phi) is 5.97. The van der Waals surface area contributed by atoms with Crippen LogP contribution in [0.4, 0.5) is 0 Å². The van der Waals surface area contributed by atoms with Gasteiger partial charge in [0.1, 0.15) is 0 Å². The van der Waals surface area contributed by atoms with Crippen LogP contribution in [-0.4, -0.2) is 56.0 Å². The molecular weight excluding hydrogens is 308 g/mol. The number of carbonyl (C=O) groups is 1. The molecule has 126 valence electrons. The topological polar surface area (TPSA) is 41.6 Å². The van der Waals surface area contributed by atoms with Crippen molar-refractivity contribution in [1.29, 1.82) is 0 Å². The molecule has 1 amide bonds. The molecule has 0 aliphatic carbocycles. The van der Waals surface area contributed by atoms with E-state index < -0.39 is 0 Å². The van der Waals surface area contributed by atoms with E-state index in [1.54, 1.807) is 18.9 Å². The molecule has 2 heterocycles. The minimum Gasteiger partial charge on any atom is -0.383 e. The summed E-state index contributed by atoms with van der Waals surface area (Å²) in [7, 11) is 1.75. The normalized spacial score (nSPS) is 22.0. The summed E-state index contributed by atoms with van der Waals surface area (Å²) in [5, 5.41) is 3.23. The molecule has 0 bridgehead atoms. The third-order valence-electron chi connectivity index (χ3n) is 4.82. The number of benzene rings is 1. The van der Waals surface area contributed by atoms with Crippen LogP contribution in [0.2, 0.25) is 0 Å². The predicted molar refractivity (Wildman–Crippen MR) is 93.8 cm³/mol. The van der Waals surface area contributed by atoms with Gasteiger partial charge >= 0.3 is 0 Å². The maximum Gasteiger partial charge on any atom is 0.233 e. The van der Waals surface area contributed by atoms with Crippen LogP contribution in [0.25, 0.3) is 0 Å². The fourth-order valence-corrected chi connectivity index (χ4v) is 4.54. The van der Waals surface area contributed by atoms with Crippen molar-refractivity contribution >= 4 is 17.7 Å². The maximum atomic E-state index is 12.4. The molecule has 0 aromatic heterocycles. The third-order valence-corrected chi connectivity index (χ3v) is 6.14. The standard InChI is InChI=1S/C18H26N2O2S/c1-22-11-10-20-8-6-14(7-9-20)13-19-18(21)17-12-15-4-2-3-5-16(15)23-17/h2-5,14,17H,6-13H2,1H3,(H,19,21). The van der Waals surface area contributed by atoms with E-state index in [2.05, 4.69) is 28.4 Å². The van der Waals surface area contributed by atoms with Crippen LogP contribution in [0.15, 0.2) is 29.2 Å². The Balaban J connectivity index is 1.38. The minimum atomic E-state index is 0.0502. The molecule has 2 aliphatic rings. The number of hydrogen-bond donors (Lipinski definition) is 1. The number of nitrogens with one attached hydrogen (secondary N) is 1. The summed E-state index contributed by atoms with van der Waals surface area (Å²) in [6.07, 6.45) is 3.20. The van der Waals surface area contributed by atoms with Crippen LogP contribution in [0.3, 0.4) is 0 Å². The van der Waals surface area contributed by atoms with Gasteiger partial charge in [-0.05, 0) is 49.9 Å². The second kappa shape index (κ2) is 8.18. The van der Waals surface area contributed by atoms with Crippen molar-refractivity contribution in [1.82, 2.24) is 10.2 Å². The highest BCUT2D eigenvalue weighted by Gasteiger charge is 2.28. The summed E-state index contributed by atoms with van der Waals surface area (Å²) in [6, 6.07) is 8.34. The monoisotopic (exact) mass is 334 g/mol. The van der Waals surface area contributed by atoms with Crippen LogP contribution in [-0.2, 0) is 16.0 Å². The second-order valence-corrected chi connectivity index (χ2v) is 7.69. The van der Waals surface area contributed by atoms with Crippen molar-refractivity contribution < 1.29 is 9.53 Å². The van der Waals surface area contributed by atoms with Crippen molar-refractivity contribution in [3.8, 4) is 0 Å². The van der Waals surface area contributed by atoms with Crippen molar-refractivity contribution in [2.45, 2.75) is 29.4 Å². The van der Waals surface area contributed by atoms with Crippen LogP contribution in [0.1, 0.15) is 18.4 Å². The molecule has 1 aromatic carbocycles. The minimum absolute atomic E-state index is 0.0502. The number of ether oxygens (including phenoxy) is 1. The van der Waals surface area contributed by atoms with Crippen molar-refractivity contribution in [2.75, 3.05) is 39.9 Å². The number of amides is 1. The Morgan fingerprint density at radius 2 is 2.13 bits per heavy atom. The van der Waals surface area contributed by atoms with Gasteiger partial charge in [0.25, 0.3) is 0 Å². The van der Waals surface area contributed by atoms with E-state index in [-0.39, 0.29) is 11.2 Å². The molecule has 0 radical (unpaired) electrons. The van der Waals surface area contributed by atoms with E-state index in [0.717, 1.165) is 39.2 Å². The van der Waals surface area contributed by atoms with Gasteiger partial charge in [-0.15, -0.1) is 11.8 Å². The van der Waals surface area contributed by atoms with Crippen molar-refractivity contribution in [2.24, 2.45) is 5.92 Å². The Hall–Kier alpha value is -1.04. The molecule has 1 unspecified atom stereocenters. The van der Waals surface area contributed by atoms with Crippen molar-refractivity contribution in [3.05, 3.63) is 29.8 Å². The van der Waals surface area contributed by atoms with Crippen LogP contribution >= 0.6 is 11.8 Å². The molecule has 1 atom stereocenters. The summed E-state index contributed by atoms with van der Waals surface area (Å²) in [5.41, 5.74) is 1.31. The highest BCUT2D eigenvalue weighted by Crippen LogP contribution is 2.36. The highest BCUT2D eigenvalue weighted by molar-refractivity contribution is 8.01. The zero-order chi connectivity index (χ0) is 16.1. The average Bonchev–Trinajstić information content (AvgIpc) is 3.03. The lowest BCUT2D eigenvalue weighted by Crippen LogP contribution is -2.41. The molecule has 1 aromatic rings. The van der Waals surface area contributed by atoms with Gasteiger partial charge in [-0.1, -0.05) is 18.2 Å². The number of methoxy groups -OCH3 is 1. The molecule has 0 saturated carbocycles. The number of piperidine rings is 1. The van der Waals surface area contributed by atoms with E-state index in [4.69, 9.17) is 4.74 Å². The fraction of sp³-hybridized carbons (Fsp3) is 0.611. The molecule has 5 heteroatoms. The summed E-state index contributed by atoms with van der Waals surface area (Å²) in [6.45, 7) is 4.89. The first-order chi connectivity index (χ1) is 11.3. The number of fused-ring (bicyclic) bond motifs is 1. The molecule has 1 fully saturated rings. The first kappa shape index (κ1) is 16.8. The number of likely N-dealkylation sites (tertiary alicyclic amines) is 1. The van der Waals surface area contributed by atoms with Gasteiger partial charge in [0.15, 0.2) is 0 Å². The van der Waals surface area contributed by atoms with Gasteiger partial charge in [-0.2, -0.15) is 0 Å². The van der Waals surface area contributed by atoms with Crippen LogP contribution < -0.4 is 5.32 Å². The van der Waals surface area contributed by atoms with Crippen LogP contribution in [0.5, 0.6) is 0 Å². The summed E-state index contributed by atoms with van der Waals surface area (Å²) in [5.74, 6) is 0.819. The van der Waals surface area contributed by atoms with Gasteiger partial charge in [0, 0.05) is 25.1 Å². The summed E-state index contributed by atoms with van der Waals surface area (Å²) >= 11 is 1.71. The molecule has 2 aliphatic heterocycles. The lowest BCUT2D eigenvalue weighted by molar-refractivity contribution is -0.120. The maximum absolute atomic E-state index is 12.4. The molecule has 3 rings (SSSR count). The van der Waals surface area contributed by atoms with Crippen molar-refractivity contribution in [3.63, 3.8) is 0 Å². The number of rotatable bonds is 6. The number of carbonyl (C=O) groups excluding carboxylic acids is 1.